The highest BCUT2D eigenvalue weighted by Gasteiger charge is 2.18. The van der Waals surface area contributed by atoms with Gasteiger partial charge in [0.15, 0.2) is 0 Å². The second kappa shape index (κ2) is 10.9. The summed E-state index contributed by atoms with van der Waals surface area (Å²) in [6, 6.07) is 21.2. The van der Waals surface area contributed by atoms with Crippen molar-refractivity contribution in [1.29, 1.82) is 0 Å². The van der Waals surface area contributed by atoms with Crippen LogP contribution in [0.1, 0.15) is 30.5 Å². The van der Waals surface area contributed by atoms with Gasteiger partial charge in [-0.15, -0.1) is 0 Å². The zero-order valence-electron chi connectivity index (χ0n) is 20.5. The molecule has 186 valence electrons. The minimum Gasteiger partial charge on any atom is -0.481 e. The molecule has 3 N–H and O–H groups in total. The molecule has 2 aromatic heterocycles. The summed E-state index contributed by atoms with van der Waals surface area (Å²) in [5, 5.41) is 13.4. The van der Waals surface area contributed by atoms with E-state index in [9.17, 15) is 4.79 Å². The molecule has 36 heavy (non-hydrogen) atoms. The molecule has 1 aliphatic rings. The number of hydrogen-bond donors (Lipinski definition) is 3. The number of carboxylic acids is 1. The van der Waals surface area contributed by atoms with Crippen LogP contribution in [-0.2, 0) is 11.3 Å². The fourth-order valence-corrected chi connectivity index (χ4v) is 4.71. The molecule has 0 amide bonds. The van der Waals surface area contributed by atoms with E-state index < -0.39 is 5.97 Å². The van der Waals surface area contributed by atoms with E-state index in [0.717, 1.165) is 60.8 Å². The van der Waals surface area contributed by atoms with Crippen molar-refractivity contribution in [2.24, 2.45) is 0 Å². The lowest BCUT2D eigenvalue weighted by Gasteiger charge is -2.34. The van der Waals surface area contributed by atoms with Crippen LogP contribution < -0.4 is 5.32 Å². The minimum absolute atomic E-state index is 0.126. The molecular weight excluding hydrogens is 452 g/mol. The molecule has 0 bridgehead atoms. The van der Waals surface area contributed by atoms with Gasteiger partial charge in [0.1, 0.15) is 17.8 Å². The van der Waals surface area contributed by atoms with Gasteiger partial charge in [0, 0.05) is 51.0 Å². The number of carboxylic acid groups (broad SMARTS) is 1. The highest BCUT2D eigenvalue weighted by atomic mass is 16.4. The Labute approximate surface area is 211 Å². The molecule has 5 rings (SSSR count). The quantitative estimate of drug-likeness (QED) is 0.324. The van der Waals surface area contributed by atoms with Crippen molar-refractivity contribution in [2.45, 2.75) is 25.9 Å². The summed E-state index contributed by atoms with van der Waals surface area (Å²) in [7, 11) is 0. The van der Waals surface area contributed by atoms with Gasteiger partial charge in [0.25, 0.3) is 0 Å². The topological polar surface area (TPSA) is 97.4 Å². The number of rotatable bonds is 9. The standard InChI is InChI=1S/C28H32N6O2/c1-20(22-5-3-2-4-6-22)31-27-24-17-25(32-28(24)30-19-29-27)23-9-7-21(8-10-23)18-34-15-13-33(14-16-34)12-11-26(35)36/h2-10,17,19-20H,11-16,18H2,1H3,(H,35,36)(H2,29,30,31,32). The summed E-state index contributed by atoms with van der Waals surface area (Å²) in [4.78, 5) is 27.8. The maximum atomic E-state index is 10.8. The highest BCUT2D eigenvalue weighted by Crippen LogP contribution is 2.29. The molecule has 0 saturated carbocycles. The average Bonchev–Trinajstić information content (AvgIpc) is 3.35. The van der Waals surface area contributed by atoms with Gasteiger partial charge >= 0.3 is 5.97 Å². The Morgan fingerprint density at radius 3 is 2.47 bits per heavy atom. The van der Waals surface area contributed by atoms with E-state index in [-0.39, 0.29) is 12.5 Å². The van der Waals surface area contributed by atoms with E-state index in [2.05, 4.69) is 79.5 Å². The molecule has 0 spiro atoms. The van der Waals surface area contributed by atoms with Gasteiger partial charge in [0.05, 0.1) is 11.8 Å². The largest absolute Gasteiger partial charge is 0.481 e. The molecule has 1 fully saturated rings. The van der Waals surface area contributed by atoms with Crippen LogP contribution in [0, 0.1) is 0 Å². The van der Waals surface area contributed by atoms with E-state index in [1.54, 1.807) is 6.33 Å². The number of benzene rings is 2. The molecule has 0 radical (unpaired) electrons. The maximum Gasteiger partial charge on any atom is 0.304 e. The van der Waals surface area contributed by atoms with E-state index in [0.29, 0.717) is 6.54 Å². The number of anilines is 1. The monoisotopic (exact) mass is 484 g/mol. The second-order valence-electron chi connectivity index (χ2n) is 9.40. The first-order valence-corrected chi connectivity index (χ1v) is 12.5. The summed E-state index contributed by atoms with van der Waals surface area (Å²) in [5.74, 6) is 0.0896. The number of aliphatic carboxylic acids is 1. The number of aromatic nitrogens is 3. The number of nitrogens with one attached hydrogen (secondary N) is 2. The second-order valence-corrected chi connectivity index (χ2v) is 9.40. The lowest BCUT2D eigenvalue weighted by molar-refractivity contribution is -0.137. The van der Waals surface area contributed by atoms with Crippen LogP contribution in [0.4, 0.5) is 5.82 Å². The number of hydrogen-bond acceptors (Lipinski definition) is 6. The van der Waals surface area contributed by atoms with E-state index >= 15 is 0 Å². The Morgan fingerprint density at radius 1 is 1.03 bits per heavy atom. The van der Waals surface area contributed by atoms with Crippen molar-refractivity contribution < 1.29 is 9.90 Å². The van der Waals surface area contributed by atoms with Gasteiger partial charge in [-0.2, -0.15) is 0 Å². The van der Waals surface area contributed by atoms with Gasteiger partial charge in [-0.25, -0.2) is 9.97 Å². The Morgan fingerprint density at radius 2 is 1.75 bits per heavy atom. The highest BCUT2D eigenvalue weighted by molar-refractivity contribution is 5.91. The van der Waals surface area contributed by atoms with Crippen LogP contribution in [0.2, 0.25) is 0 Å². The lowest BCUT2D eigenvalue weighted by Crippen LogP contribution is -2.46. The number of piperazine rings is 1. The number of fused-ring (bicyclic) bond motifs is 1. The van der Waals surface area contributed by atoms with Crippen molar-refractivity contribution in [3.8, 4) is 11.3 Å². The third-order valence-corrected chi connectivity index (χ3v) is 6.86. The first kappa shape index (κ1) is 24.0. The van der Waals surface area contributed by atoms with Crippen LogP contribution in [-0.4, -0.2) is 68.6 Å². The predicted octanol–water partition coefficient (Wildman–Crippen LogP) is 4.39. The van der Waals surface area contributed by atoms with E-state index in [1.165, 1.54) is 11.1 Å². The lowest BCUT2D eigenvalue weighted by atomic mass is 10.1. The molecule has 3 heterocycles. The fourth-order valence-electron chi connectivity index (χ4n) is 4.71. The molecule has 4 aromatic rings. The van der Waals surface area contributed by atoms with Gasteiger partial charge in [-0.05, 0) is 29.7 Å². The number of nitrogens with zero attached hydrogens (tertiary/aromatic N) is 4. The van der Waals surface area contributed by atoms with Crippen molar-refractivity contribution >= 4 is 22.8 Å². The van der Waals surface area contributed by atoms with Crippen molar-refractivity contribution in [1.82, 2.24) is 24.8 Å². The maximum absolute atomic E-state index is 10.8. The Kier molecular flexibility index (Phi) is 7.25. The SMILES string of the molecule is CC(Nc1ncnc2[nH]c(-c3ccc(CN4CCN(CCC(=O)O)CC4)cc3)cc12)c1ccccc1. The molecule has 8 nitrogen and oxygen atoms in total. The molecule has 0 aliphatic carbocycles. The predicted molar refractivity (Wildman–Crippen MR) is 142 cm³/mol. The van der Waals surface area contributed by atoms with Crippen LogP contribution in [0.15, 0.2) is 67.0 Å². The van der Waals surface area contributed by atoms with Gasteiger partial charge in [-0.1, -0.05) is 54.6 Å². The first-order valence-electron chi connectivity index (χ1n) is 12.5. The number of aromatic amines is 1. The van der Waals surface area contributed by atoms with Crippen molar-refractivity contribution in [3.63, 3.8) is 0 Å². The Balaban J connectivity index is 1.23. The minimum atomic E-state index is -0.728. The Bertz CT molecular complexity index is 1300. The third-order valence-electron chi connectivity index (χ3n) is 6.86. The van der Waals surface area contributed by atoms with Gasteiger partial charge in [0.2, 0.25) is 0 Å². The molecule has 1 atom stereocenters. The summed E-state index contributed by atoms with van der Waals surface area (Å²) < 4.78 is 0. The summed E-state index contributed by atoms with van der Waals surface area (Å²) in [6.07, 6.45) is 1.80. The van der Waals surface area contributed by atoms with Crippen LogP contribution in [0.5, 0.6) is 0 Å². The van der Waals surface area contributed by atoms with Crippen LogP contribution >= 0.6 is 0 Å². The molecular formula is C28H32N6O2. The number of H-pyrrole nitrogens is 1. The van der Waals surface area contributed by atoms with E-state index in [1.807, 2.05) is 18.2 Å². The normalized spacial score (nSPS) is 15.7. The molecule has 1 saturated heterocycles. The zero-order chi connectivity index (χ0) is 24.9. The molecule has 2 aromatic carbocycles. The fraction of sp³-hybridized carbons (Fsp3) is 0.321. The summed E-state index contributed by atoms with van der Waals surface area (Å²) >= 11 is 0. The third kappa shape index (κ3) is 5.72. The van der Waals surface area contributed by atoms with Gasteiger partial charge in [-0.3, -0.25) is 9.69 Å². The van der Waals surface area contributed by atoms with Crippen molar-refractivity contribution in [3.05, 3.63) is 78.1 Å². The van der Waals surface area contributed by atoms with Crippen LogP contribution in [0.25, 0.3) is 22.3 Å². The summed E-state index contributed by atoms with van der Waals surface area (Å²) in [6.45, 7) is 7.41. The zero-order valence-corrected chi connectivity index (χ0v) is 20.5. The molecule has 1 aliphatic heterocycles. The Hall–Kier alpha value is -3.75. The van der Waals surface area contributed by atoms with Gasteiger partial charge < -0.3 is 20.3 Å². The smallest absolute Gasteiger partial charge is 0.304 e. The van der Waals surface area contributed by atoms with E-state index in [4.69, 9.17) is 5.11 Å². The molecule has 8 heteroatoms. The first-order chi connectivity index (χ1) is 17.5. The summed E-state index contributed by atoms with van der Waals surface area (Å²) in [5.41, 5.74) is 5.41. The van der Waals surface area contributed by atoms with Crippen molar-refractivity contribution in [2.75, 3.05) is 38.0 Å². The number of carbonyl (C=O) groups is 1. The van der Waals surface area contributed by atoms with Crippen LogP contribution in [0.3, 0.4) is 0 Å². The average molecular weight is 485 g/mol. The molecule has 1 unspecified atom stereocenters.